The van der Waals surface area contributed by atoms with Gasteiger partial charge in [-0.25, -0.2) is 4.79 Å². The lowest BCUT2D eigenvalue weighted by Crippen LogP contribution is -2.46. The van der Waals surface area contributed by atoms with E-state index in [1.807, 2.05) is 67.6 Å². The predicted molar refractivity (Wildman–Crippen MR) is 175 cm³/mol. The van der Waals surface area contributed by atoms with E-state index in [-0.39, 0.29) is 17.9 Å². The van der Waals surface area contributed by atoms with Gasteiger partial charge in [-0.2, -0.15) is 0 Å². The highest BCUT2D eigenvalue weighted by atomic mass is 16.5. The predicted octanol–water partition coefficient (Wildman–Crippen LogP) is 5.60. The van der Waals surface area contributed by atoms with Gasteiger partial charge in [0, 0.05) is 37.9 Å². The summed E-state index contributed by atoms with van der Waals surface area (Å²) >= 11 is 0. The fourth-order valence-corrected chi connectivity index (χ4v) is 5.58. The van der Waals surface area contributed by atoms with Gasteiger partial charge in [0.05, 0.1) is 46.2 Å². The Bertz CT molecular complexity index is 1400. The average molecular weight is 635 g/mol. The number of benzene rings is 3. The molecule has 4 rings (SSSR count). The summed E-state index contributed by atoms with van der Waals surface area (Å²) in [6.45, 7) is 7.02. The van der Waals surface area contributed by atoms with E-state index in [0.29, 0.717) is 65.5 Å². The van der Waals surface area contributed by atoms with Crippen molar-refractivity contribution in [1.82, 2.24) is 10.2 Å². The fraction of sp³-hybridized carbons (Fsp3) is 0.444. The van der Waals surface area contributed by atoms with E-state index < -0.39 is 6.09 Å². The summed E-state index contributed by atoms with van der Waals surface area (Å²) in [4.78, 5) is 24.4. The quantitative estimate of drug-likeness (QED) is 0.185. The second-order valence-corrected chi connectivity index (χ2v) is 11.4. The first-order valence-electron chi connectivity index (χ1n) is 15.8. The van der Waals surface area contributed by atoms with Crippen LogP contribution in [0.2, 0.25) is 0 Å². The number of hydrogen-bond acceptors (Lipinski definition) is 7. The number of hydrogen-bond donors (Lipinski definition) is 2. The highest BCUT2D eigenvalue weighted by Crippen LogP contribution is 2.32. The zero-order valence-electron chi connectivity index (χ0n) is 27.0. The Morgan fingerprint density at radius 1 is 0.935 bits per heavy atom. The van der Waals surface area contributed by atoms with Crippen molar-refractivity contribution in [3.63, 3.8) is 0 Å². The van der Waals surface area contributed by atoms with Crippen molar-refractivity contribution >= 4 is 12.0 Å². The first kappa shape index (κ1) is 34.6. The molecule has 2 N–H and O–H groups in total. The van der Waals surface area contributed by atoms with Crippen LogP contribution in [0.5, 0.6) is 17.2 Å². The maximum absolute atomic E-state index is 11.8. The molecular weight excluding hydrogens is 588 g/mol. The SMILES string of the molecule is COc1ccccc1COCCCOc1ccc(C2CCN(C(=O)O)CC2OCCOc2ccc(C)cc2CCNC(C)=O)cc1. The van der Waals surface area contributed by atoms with Gasteiger partial charge in [-0.3, -0.25) is 4.79 Å². The van der Waals surface area contributed by atoms with Gasteiger partial charge in [0.2, 0.25) is 5.91 Å². The number of carbonyl (C=O) groups excluding carboxylic acids is 1. The molecule has 1 saturated heterocycles. The maximum Gasteiger partial charge on any atom is 0.407 e. The van der Waals surface area contributed by atoms with E-state index in [4.69, 9.17) is 23.7 Å². The molecule has 2 atom stereocenters. The van der Waals surface area contributed by atoms with Gasteiger partial charge in [-0.1, -0.05) is 48.0 Å². The molecule has 1 aliphatic rings. The summed E-state index contributed by atoms with van der Waals surface area (Å²) in [6.07, 6.45) is 0.822. The highest BCUT2D eigenvalue weighted by Gasteiger charge is 2.33. The molecule has 2 amide bonds. The zero-order chi connectivity index (χ0) is 32.7. The van der Waals surface area contributed by atoms with E-state index in [1.54, 1.807) is 7.11 Å². The number of para-hydroxylation sites is 1. The maximum atomic E-state index is 11.8. The van der Waals surface area contributed by atoms with Crippen LogP contribution in [0.3, 0.4) is 0 Å². The van der Waals surface area contributed by atoms with Gasteiger partial charge in [0.1, 0.15) is 23.9 Å². The zero-order valence-corrected chi connectivity index (χ0v) is 27.0. The molecule has 1 aliphatic heterocycles. The normalized spacial score (nSPS) is 16.1. The number of carboxylic acid groups (broad SMARTS) is 1. The van der Waals surface area contributed by atoms with Crippen LogP contribution in [0.1, 0.15) is 47.9 Å². The Morgan fingerprint density at radius 2 is 1.74 bits per heavy atom. The monoisotopic (exact) mass is 634 g/mol. The van der Waals surface area contributed by atoms with E-state index in [2.05, 4.69) is 11.4 Å². The number of nitrogens with one attached hydrogen (secondary N) is 1. The van der Waals surface area contributed by atoms with Crippen molar-refractivity contribution in [2.24, 2.45) is 0 Å². The number of ether oxygens (including phenoxy) is 5. The van der Waals surface area contributed by atoms with Crippen LogP contribution in [0.15, 0.2) is 66.7 Å². The number of piperidine rings is 1. The molecule has 10 heteroatoms. The van der Waals surface area contributed by atoms with Crippen LogP contribution in [0, 0.1) is 6.92 Å². The van der Waals surface area contributed by atoms with Crippen LogP contribution < -0.4 is 19.5 Å². The van der Waals surface area contributed by atoms with Gasteiger partial charge >= 0.3 is 6.09 Å². The molecule has 0 spiro atoms. The van der Waals surface area contributed by atoms with Gasteiger partial charge in [-0.15, -0.1) is 0 Å². The third-order valence-electron chi connectivity index (χ3n) is 7.95. The van der Waals surface area contributed by atoms with E-state index in [9.17, 15) is 14.7 Å². The number of aryl methyl sites for hydroxylation is 1. The Labute approximate surface area is 271 Å². The molecular formula is C36H46N2O8. The molecule has 3 aromatic rings. The van der Waals surface area contributed by atoms with Gasteiger partial charge in [0.15, 0.2) is 0 Å². The molecule has 0 aromatic heterocycles. The number of methoxy groups -OCH3 is 1. The van der Waals surface area contributed by atoms with Crippen molar-refractivity contribution < 1.29 is 38.4 Å². The molecule has 0 radical (unpaired) electrons. The van der Waals surface area contributed by atoms with Crippen molar-refractivity contribution in [3.8, 4) is 17.2 Å². The first-order chi connectivity index (χ1) is 22.3. The standard InChI is InChI=1S/C36H46N2O8/c1-26-9-14-34(29(23-26)15-17-37-27(2)39)45-21-22-46-35-24-38(36(40)41)18-16-32(35)28-10-12-31(13-11-28)44-20-6-19-43-25-30-7-4-5-8-33(30)42-3/h4-5,7-14,23,32,35H,6,15-22,24-25H2,1-3H3,(H,37,39)(H,40,41). The fourth-order valence-electron chi connectivity index (χ4n) is 5.58. The number of nitrogens with zero attached hydrogens (tertiary/aromatic N) is 1. The summed E-state index contributed by atoms with van der Waals surface area (Å²) in [6, 6.07) is 21.8. The average Bonchev–Trinajstić information content (AvgIpc) is 3.05. The van der Waals surface area contributed by atoms with E-state index in [0.717, 1.165) is 45.9 Å². The number of carbonyl (C=O) groups is 2. The third-order valence-corrected chi connectivity index (χ3v) is 7.95. The van der Waals surface area contributed by atoms with Gasteiger partial charge < -0.3 is 39.0 Å². The van der Waals surface area contributed by atoms with E-state index >= 15 is 0 Å². The minimum Gasteiger partial charge on any atom is -0.496 e. The lowest BCUT2D eigenvalue weighted by Gasteiger charge is -2.37. The first-order valence-corrected chi connectivity index (χ1v) is 15.8. The van der Waals surface area contributed by atoms with Gasteiger partial charge in [0.25, 0.3) is 0 Å². The molecule has 0 aliphatic carbocycles. The molecule has 3 aromatic carbocycles. The van der Waals surface area contributed by atoms with Crippen LogP contribution >= 0.6 is 0 Å². The lowest BCUT2D eigenvalue weighted by molar-refractivity contribution is -0.118. The molecule has 10 nitrogen and oxygen atoms in total. The largest absolute Gasteiger partial charge is 0.496 e. The summed E-state index contributed by atoms with van der Waals surface area (Å²) in [5.41, 5.74) is 4.23. The molecule has 46 heavy (non-hydrogen) atoms. The molecule has 0 saturated carbocycles. The Hall–Kier alpha value is -4.28. The number of amides is 2. The third kappa shape index (κ3) is 10.7. The van der Waals surface area contributed by atoms with Crippen molar-refractivity contribution in [3.05, 3.63) is 89.0 Å². The van der Waals surface area contributed by atoms with Crippen molar-refractivity contribution in [2.45, 2.75) is 51.7 Å². The second kappa shape index (κ2) is 18.0. The van der Waals surface area contributed by atoms with Gasteiger partial charge in [-0.05, 0) is 55.2 Å². The second-order valence-electron chi connectivity index (χ2n) is 11.4. The van der Waals surface area contributed by atoms with Crippen LogP contribution in [0.25, 0.3) is 0 Å². The lowest BCUT2D eigenvalue weighted by atomic mass is 9.87. The Balaban J connectivity index is 1.25. The molecule has 0 bridgehead atoms. The summed E-state index contributed by atoms with van der Waals surface area (Å²) in [7, 11) is 1.65. The summed E-state index contributed by atoms with van der Waals surface area (Å²) < 4.78 is 29.4. The Morgan fingerprint density at radius 3 is 2.50 bits per heavy atom. The van der Waals surface area contributed by atoms with Crippen LogP contribution in [-0.4, -0.2) is 81.3 Å². The Kier molecular flexibility index (Phi) is 13.5. The highest BCUT2D eigenvalue weighted by molar-refractivity contribution is 5.72. The van der Waals surface area contributed by atoms with E-state index in [1.165, 1.54) is 11.8 Å². The summed E-state index contributed by atoms with van der Waals surface area (Å²) in [5.74, 6) is 2.33. The molecule has 1 heterocycles. The minimum absolute atomic E-state index is 0.0422. The smallest absolute Gasteiger partial charge is 0.407 e. The minimum atomic E-state index is -0.942. The van der Waals surface area contributed by atoms with Crippen molar-refractivity contribution in [1.29, 1.82) is 0 Å². The molecule has 1 fully saturated rings. The number of rotatable bonds is 17. The number of likely N-dealkylation sites (tertiary alicyclic amines) is 1. The topological polar surface area (TPSA) is 116 Å². The van der Waals surface area contributed by atoms with Crippen LogP contribution in [0.4, 0.5) is 4.79 Å². The van der Waals surface area contributed by atoms with Crippen molar-refractivity contribution in [2.75, 3.05) is 53.2 Å². The molecule has 2 unspecified atom stereocenters. The summed E-state index contributed by atoms with van der Waals surface area (Å²) in [5, 5.41) is 12.5. The molecule has 248 valence electrons. The van der Waals surface area contributed by atoms with Crippen LogP contribution in [-0.2, 0) is 27.3 Å².